The molecule has 0 bridgehead atoms. The number of carbonyl (C=O) groups is 4. The summed E-state index contributed by atoms with van der Waals surface area (Å²) in [5, 5.41) is 36.0. The molecule has 6 atom stereocenters. The van der Waals surface area contributed by atoms with Gasteiger partial charge < -0.3 is 44.9 Å². The first-order chi connectivity index (χ1) is 28.6. The molecule has 1 aliphatic heterocycles. The van der Waals surface area contributed by atoms with Crippen LogP contribution in [0.5, 0.6) is 5.75 Å². The van der Waals surface area contributed by atoms with Gasteiger partial charge in [-0.05, 0) is 88.8 Å². The lowest BCUT2D eigenvalue weighted by molar-refractivity contribution is -0.190. The highest BCUT2D eigenvalue weighted by Crippen LogP contribution is 2.43. The van der Waals surface area contributed by atoms with Crippen molar-refractivity contribution in [2.75, 3.05) is 6.61 Å². The van der Waals surface area contributed by atoms with Crippen LogP contribution in [0.2, 0.25) is 0 Å². The van der Waals surface area contributed by atoms with Crippen molar-refractivity contribution in [2.24, 2.45) is 0 Å². The first-order valence-electron chi connectivity index (χ1n) is 21.5. The number of allylic oxidation sites excluding steroid dienone is 1. The number of para-hydroxylation sites is 1. The predicted octanol–water partition coefficient (Wildman–Crippen LogP) is 6.61. The first-order valence-corrected chi connectivity index (χ1v) is 21.5. The van der Waals surface area contributed by atoms with E-state index < -0.39 is 78.2 Å². The molecule has 1 saturated heterocycles. The molecule has 4 rings (SSSR count). The number of esters is 2. The molecule has 330 valence electrons. The Kier molecular flexibility index (Phi) is 18.3. The highest BCUT2D eigenvalue weighted by atomic mass is 16.8. The van der Waals surface area contributed by atoms with Crippen molar-refractivity contribution in [3.8, 4) is 5.75 Å². The van der Waals surface area contributed by atoms with Crippen LogP contribution in [0.25, 0.3) is 6.08 Å². The van der Waals surface area contributed by atoms with Gasteiger partial charge in [0.1, 0.15) is 35.7 Å². The molecule has 1 aliphatic carbocycles. The molecule has 0 saturated carbocycles. The third-order valence-corrected chi connectivity index (χ3v) is 10.6. The number of fused-ring (bicyclic) bond motifs is 1. The summed E-state index contributed by atoms with van der Waals surface area (Å²) >= 11 is 0. The van der Waals surface area contributed by atoms with Gasteiger partial charge in [-0.3, -0.25) is 14.4 Å². The lowest BCUT2D eigenvalue weighted by Gasteiger charge is -2.31. The molecule has 0 spiro atoms. The van der Waals surface area contributed by atoms with Gasteiger partial charge >= 0.3 is 11.9 Å². The first kappa shape index (κ1) is 48.1. The molecule has 2 amide bonds. The van der Waals surface area contributed by atoms with Gasteiger partial charge in [0.15, 0.2) is 5.79 Å². The van der Waals surface area contributed by atoms with Crippen LogP contribution >= 0.6 is 0 Å². The predicted molar refractivity (Wildman–Crippen MR) is 228 cm³/mol. The highest BCUT2D eigenvalue weighted by molar-refractivity contribution is 5.97. The van der Waals surface area contributed by atoms with E-state index in [-0.39, 0.29) is 30.6 Å². The Balaban J connectivity index is 1.52. The number of unbranched alkanes of at least 4 members (excludes halogenated alkanes) is 4. The Morgan fingerprint density at radius 3 is 2.22 bits per heavy atom. The number of amides is 2. The molecule has 5 N–H and O–H groups in total. The third kappa shape index (κ3) is 14.6. The molecule has 13 nitrogen and oxygen atoms in total. The van der Waals surface area contributed by atoms with Gasteiger partial charge in [-0.2, -0.15) is 0 Å². The largest absolute Gasteiger partial charge is 0.508 e. The molecule has 2 aromatic rings. The standard InChI is InChI=1S/C47H66N2O11/c1-7-9-13-26-47(27-14-10-8-2)58-39-29-35(43(54)49-41(31(3)51)44(55)48-36(30-50)24-25-40(53)59-46(4,5)6)28-38(42(39)60-47)57-45(56)34-22-20-32(21-23-34)16-15-18-33-17-11-12-19-37(33)52/h11-12,15-17,19-23,29,31,36,38-39,41-42,50-52H,7-10,13-14,18,24-28,30H2,1-6H3,(H,48,55)(H,49,54)/t31-,36-,38+,39+,41+,42-/m0/s1. The van der Waals surface area contributed by atoms with Crippen LogP contribution < -0.4 is 10.6 Å². The molecule has 2 aromatic carbocycles. The summed E-state index contributed by atoms with van der Waals surface area (Å²) in [6, 6.07) is 11.8. The van der Waals surface area contributed by atoms with Gasteiger partial charge in [0.05, 0.1) is 24.3 Å². The minimum absolute atomic E-state index is 0.0431. The fourth-order valence-corrected chi connectivity index (χ4v) is 7.37. The van der Waals surface area contributed by atoms with E-state index in [0.717, 1.165) is 49.7 Å². The van der Waals surface area contributed by atoms with Gasteiger partial charge in [-0.25, -0.2) is 4.79 Å². The molecule has 0 unspecified atom stereocenters. The molecule has 1 fully saturated rings. The zero-order valence-corrected chi connectivity index (χ0v) is 36.1. The molecule has 1 heterocycles. The molecular formula is C47H66N2O11. The number of phenolic OH excluding ortho intramolecular Hbond substituents is 1. The van der Waals surface area contributed by atoms with Crippen LogP contribution in [0, 0.1) is 0 Å². The Labute approximate surface area is 354 Å². The van der Waals surface area contributed by atoms with E-state index in [1.165, 1.54) is 6.92 Å². The van der Waals surface area contributed by atoms with Crippen LogP contribution in [-0.4, -0.2) is 93.6 Å². The summed E-state index contributed by atoms with van der Waals surface area (Å²) in [5.41, 5.74) is 1.46. The van der Waals surface area contributed by atoms with Crippen LogP contribution in [0.1, 0.15) is 134 Å². The molecule has 13 heteroatoms. The smallest absolute Gasteiger partial charge is 0.338 e. The van der Waals surface area contributed by atoms with E-state index in [2.05, 4.69) is 24.5 Å². The third-order valence-electron chi connectivity index (χ3n) is 10.6. The SMILES string of the molecule is CCCCCC1(CCCCC)O[C@@H]2[C@@H](C=C(C(=O)N[C@@H](C(=O)N[C@H](CO)CCC(=O)OC(C)(C)C)[C@H](C)O)C[C@H]2OC(=O)c2ccc(C=CCc3ccccc3O)cc2)O1. The zero-order chi connectivity index (χ0) is 43.9. The summed E-state index contributed by atoms with van der Waals surface area (Å²) in [6.07, 6.45) is 9.32. The van der Waals surface area contributed by atoms with E-state index >= 15 is 0 Å². The lowest BCUT2D eigenvalue weighted by atomic mass is 9.91. The zero-order valence-electron chi connectivity index (χ0n) is 36.1. The van der Waals surface area contributed by atoms with Crippen molar-refractivity contribution in [1.82, 2.24) is 10.6 Å². The quantitative estimate of drug-likeness (QED) is 0.0634. The normalized spacial score (nSPS) is 20.1. The van der Waals surface area contributed by atoms with Crippen molar-refractivity contribution >= 4 is 29.8 Å². The van der Waals surface area contributed by atoms with E-state index in [9.17, 15) is 34.5 Å². The van der Waals surface area contributed by atoms with Crippen molar-refractivity contribution < 1.29 is 53.4 Å². The van der Waals surface area contributed by atoms with Crippen LogP contribution in [-0.2, 0) is 39.8 Å². The van der Waals surface area contributed by atoms with E-state index in [1.807, 2.05) is 24.3 Å². The topological polar surface area (TPSA) is 190 Å². The molecule has 2 aliphatic rings. The average molecular weight is 835 g/mol. The number of phenols is 1. The summed E-state index contributed by atoms with van der Waals surface area (Å²) in [7, 11) is 0. The second kappa shape index (κ2) is 22.9. The van der Waals surface area contributed by atoms with Crippen molar-refractivity contribution in [3.05, 3.63) is 82.9 Å². The van der Waals surface area contributed by atoms with E-state index in [4.69, 9.17) is 18.9 Å². The monoisotopic (exact) mass is 834 g/mol. The average Bonchev–Trinajstić information content (AvgIpc) is 3.57. The number of aromatic hydroxyl groups is 1. The molecule has 60 heavy (non-hydrogen) atoms. The summed E-state index contributed by atoms with van der Waals surface area (Å²) < 4.78 is 24.9. The maximum Gasteiger partial charge on any atom is 0.338 e. The van der Waals surface area contributed by atoms with Crippen LogP contribution in [0.4, 0.5) is 0 Å². The number of hydrogen-bond donors (Lipinski definition) is 5. The minimum atomic E-state index is -1.42. The maximum atomic E-state index is 14.0. The number of nitrogens with one attached hydrogen (secondary N) is 2. The second-order valence-corrected chi connectivity index (χ2v) is 16.9. The summed E-state index contributed by atoms with van der Waals surface area (Å²) in [5.74, 6) is -3.21. The number of rotatable bonds is 22. The van der Waals surface area contributed by atoms with Gasteiger partial charge in [-0.15, -0.1) is 0 Å². The Bertz CT molecular complexity index is 1770. The molecular weight excluding hydrogens is 769 g/mol. The summed E-state index contributed by atoms with van der Waals surface area (Å²) in [6.45, 7) is 10.3. The lowest BCUT2D eigenvalue weighted by Crippen LogP contribution is -2.55. The number of benzene rings is 2. The number of aliphatic hydroxyl groups excluding tert-OH is 2. The van der Waals surface area contributed by atoms with Gasteiger partial charge in [0, 0.05) is 31.3 Å². The van der Waals surface area contributed by atoms with Gasteiger partial charge in [0.2, 0.25) is 11.8 Å². The van der Waals surface area contributed by atoms with Crippen molar-refractivity contribution in [2.45, 2.75) is 166 Å². The van der Waals surface area contributed by atoms with E-state index in [1.54, 1.807) is 63.2 Å². The van der Waals surface area contributed by atoms with E-state index in [0.29, 0.717) is 24.8 Å². The Hall–Kier alpha value is -4.56. The number of aliphatic hydroxyl groups is 2. The Morgan fingerprint density at radius 1 is 0.950 bits per heavy atom. The fourth-order valence-electron chi connectivity index (χ4n) is 7.37. The van der Waals surface area contributed by atoms with Crippen LogP contribution in [0.15, 0.2) is 66.3 Å². The Morgan fingerprint density at radius 2 is 1.62 bits per heavy atom. The number of carbonyl (C=O) groups excluding carboxylic acids is 4. The molecule has 0 radical (unpaired) electrons. The number of hydrogen-bond acceptors (Lipinski definition) is 11. The van der Waals surface area contributed by atoms with Crippen LogP contribution in [0.3, 0.4) is 0 Å². The second-order valence-electron chi connectivity index (χ2n) is 16.9. The van der Waals surface area contributed by atoms with Gasteiger partial charge in [-0.1, -0.05) is 82.0 Å². The highest BCUT2D eigenvalue weighted by Gasteiger charge is 2.52. The molecule has 0 aromatic heterocycles. The van der Waals surface area contributed by atoms with Crippen molar-refractivity contribution in [3.63, 3.8) is 0 Å². The minimum Gasteiger partial charge on any atom is -0.508 e. The summed E-state index contributed by atoms with van der Waals surface area (Å²) in [4.78, 5) is 53.4. The fraction of sp³-hybridized carbons (Fsp3) is 0.574. The van der Waals surface area contributed by atoms with Crippen molar-refractivity contribution in [1.29, 1.82) is 0 Å². The maximum absolute atomic E-state index is 14.0. The number of ether oxygens (including phenoxy) is 4. The van der Waals surface area contributed by atoms with Gasteiger partial charge in [0.25, 0.3) is 0 Å².